The lowest BCUT2D eigenvalue weighted by Gasteiger charge is -2.05. The topological polar surface area (TPSA) is 51.5 Å². The van der Waals surface area contributed by atoms with E-state index in [9.17, 15) is 4.79 Å². The van der Waals surface area contributed by atoms with Crippen molar-refractivity contribution in [2.45, 2.75) is 6.92 Å². The molecule has 0 aliphatic heterocycles. The molecule has 4 nitrogen and oxygen atoms in total. The highest BCUT2D eigenvalue weighted by Gasteiger charge is 2.15. The van der Waals surface area contributed by atoms with E-state index in [1.807, 2.05) is 43.3 Å². The van der Waals surface area contributed by atoms with Gasteiger partial charge in [-0.1, -0.05) is 30.3 Å². The molecule has 0 unspecified atom stereocenters. The number of benzene rings is 2. The number of hydrogen-bond acceptors (Lipinski definition) is 3. The van der Waals surface area contributed by atoms with Crippen molar-refractivity contribution in [1.82, 2.24) is 0 Å². The predicted molar refractivity (Wildman–Crippen MR) is 81.9 cm³/mol. The van der Waals surface area contributed by atoms with Crippen LogP contribution >= 0.6 is 0 Å². The van der Waals surface area contributed by atoms with Gasteiger partial charge in [0.1, 0.15) is 0 Å². The summed E-state index contributed by atoms with van der Waals surface area (Å²) in [6, 6.07) is 14.9. The Labute approximate surface area is 122 Å². The molecule has 0 bridgehead atoms. The second-order valence-electron chi connectivity index (χ2n) is 4.76. The molecule has 0 spiro atoms. The van der Waals surface area contributed by atoms with Crippen molar-refractivity contribution >= 4 is 22.6 Å². The van der Waals surface area contributed by atoms with E-state index in [4.69, 9.17) is 9.15 Å². The van der Waals surface area contributed by atoms with E-state index in [1.54, 1.807) is 19.2 Å². The van der Waals surface area contributed by atoms with Gasteiger partial charge >= 0.3 is 0 Å². The maximum atomic E-state index is 12.3. The molecule has 1 aromatic heterocycles. The summed E-state index contributed by atoms with van der Waals surface area (Å²) < 4.78 is 10.9. The molecule has 2 aromatic carbocycles. The molecule has 21 heavy (non-hydrogen) atoms. The SMILES string of the molecule is COc1cccc2cc(C(=O)Nc3ccccc3C)oc12. The van der Waals surface area contributed by atoms with Gasteiger partial charge in [-0.05, 0) is 30.7 Å². The molecule has 3 aromatic rings. The predicted octanol–water partition coefficient (Wildman–Crippen LogP) is 4.00. The number of nitrogens with one attached hydrogen (secondary N) is 1. The normalized spacial score (nSPS) is 10.6. The number of aryl methyl sites for hydroxylation is 1. The van der Waals surface area contributed by atoms with Gasteiger partial charge in [0.2, 0.25) is 0 Å². The van der Waals surface area contributed by atoms with Crippen LogP contribution in [0.5, 0.6) is 5.75 Å². The van der Waals surface area contributed by atoms with E-state index in [1.165, 1.54) is 0 Å². The highest BCUT2D eigenvalue weighted by molar-refractivity contribution is 6.05. The number of hydrogen-bond donors (Lipinski definition) is 1. The van der Waals surface area contributed by atoms with E-state index in [2.05, 4.69) is 5.32 Å². The third kappa shape index (κ3) is 2.48. The van der Waals surface area contributed by atoms with Crippen molar-refractivity contribution in [1.29, 1.82) is 0 Å². The van der Waals surface area contributed by atoms with Crippen molar-refractivity contribution in [3.05, 3.63) is 59.9 Å². The fourth-order valence-corrected chi connectivity index (χ4v) is 2.21. The number of fused-ring (bicyclic) bond motifs is 1. The number of ether oxygens (including phenoxy) is 1. The van der Waals surface area contributed by atoms with Gasteiger partial charge in [0.15, 0.2) is 17.1 Å². The first-order valence-corrected chi connectivity index (χ1v) is 6.62. The van der Waals surface area contributed by atoms with Gasteiger partial charge < -0.3 is 14.5 Å². The van der Waals surface area contributed by atoms with Crippen molar-refractivity contribution in [3.8, 4) is 5.75 Å². The van der Waals surface area contributed by atoms with Gasteiger partial charge in [0.05, 0.1) is 7.11 Å². The summed E-state index contributed by atoms with van der Waals surface area (Å²) in [5, 5.41) is 3.69. The zero-order valence-corrected chi connectivity index (χ0v) is 11.8. The lowest BCUT2D eigenvalue weighted by Crippen LogP contribution is -2.11. The Bertz CT molecular complexity index is 805. The summed E-state index contributed by atoms with van der Waals surface area (Å²) in [5.74, 6) is 0.600. The quantitative estimate of drug-likeness (QED) is 0.789. The first kappa shape index (κ1) is 13.2. The van der Waals surface area contributed by atoms with Crippen LogP contribution in [0.15, 0.2) is 52.9 Å². The van der Waals surface area contributed by atoms with Crippen LogP contribution in [-0.2, 0) is 0 Å². The standard InChI is InChI=1S/C17H15NO3/c1-11-6-3-4-8-13(11)18-17(19)15-10-12-7-5-9-14(20-2)16(12)21-15/h3-10H,1-2H3,(H,18,19). The molecule has 4 heteroatoms. The Hall–Kier alpha value is -2.75. The van der Waals surface area contributed by atoms with Gasteiger partial charge in [0.25, 0.3) is 5.91 Å². The summed E-state index contributed by atoms with van der Waals surface area (Å²) in [4.78, 5) is 12.3. The van der Waals surface area contributed by atoms with Crippen LogP contribution in [0.25, 0.3) is 11.0 Å². The molecule has 0 aliphatic carbocycles. The van der Waals surface area contributed by atoms with Crippen LogP contribution in [0.2, 0.25) is 0 Å². The average Bonchev–Trinajstić information content (AvgIpc) is 2.93. The van der Waals surface area contributed by atoms with Crippen molar-refractivity contribution < 1.29 is 13.9 Å². The Morgan fingerprint density at radius 3 is 2.71 bits per heavy atom. The van der Waals surface area contributed by atoms with E-state index < -0.39 is 0 Å². The first-order chi connectivity index (χ1) is 10.2. The zero-order chi connectivity index (χ0) is 14.8. The Morgan fingerprint density at radius 2 is 1.95 bits per heavy atom. The fraction of sp³-hybridized carbons (Fsp3) is 0.118. The van der Waals surface area contributed by atoms with Crippen LogP contribution in [0.4, 0.5) is 5.69 Å². The second kappa shape index (κ2) is 5.32. The highest BCUT2D eigenvalue weighted by atomic mass is 16.5. The van der Waals surface area contributed by atoms with E-state index in [-0.39, 0.29) is 11.7 Å². The maximum absolute atomic E-state index is 12.3. The van der Waals surface area contributed by atoms with Gasteiger partial charge in [-0.2, -0.15) is 0 Å². The van der Waals surface area contributed by atoms with E-state index in [0.717, 1.165) is 16.6 Å². The molecule has 0 radical (unpaired) electrons. The van der Waals surface area contributed by atoms with Crippen LogP contribution in [0, 0.1) is 6.92 Å². The van der Waals surface area contributed by atoms with E-state index >= 15 is 0 Å². The van der Waals surface area contributed by atoms with Crippen LogP contribution in [0.3, 0.4) is 0 Å². The van der Waals surface area contributed by atoms with E-state index in [0.29, 0.717) is 11.3 Å². The summed E-state index contributed by atoms with van der Waals surface area (Å²) in [6.07, 6.45) is 0. The van der Waals surface area contributed by atoms with Crippen molar-refractivity contribution in [3.63, 3.8) is 0 Å². The number of carbonyl (C=O) groups excluding carboxylic acids is 1. The Balaban J connectivity index is 1.93. The third-order valence-corrected chi connectivity index (χ3v) is 3.34. The molecule has 3 rings (SSSR count). The minimum atomic E-state index is -0.275. The monoisotopic (exact) mass is 281 g/mol. The first-order valence-electron chi connectivity index (χ1n) is 6.62. The zero-order valence-electron chi connectivity index (χ0n) is 11.8. The fourth-order valence-electron chi connectivity index (χ4n) is 2.21. The molecule has 0 saturated carbocycles. The smallest absolute Gasteiger partial charge is 0.291 e. The molecule has 1 N–H and O–H groups in total. The summed E-state index contributed by atoms with van der Waals surface area (Å²) in [6.45, 7) is 1.94. The molecule has 0 saturated heterocycles. The minimum absolute atomic E-state index is 0.262. The van der Waals surface area contributed by atoms with Crippen molar-refractivity contribution in [2.75, 3.05) is 12.4 Å². The maximum Gasteiger partial charge on any atom is 0.291 e. The summed E-state index contributed by atoms with van der Waals surface area (Å²) in [5.41, 5.74) is 2.35. The number of amides is 1. The van der Waals surface area contributed by atoms with Gasteiger partial charge in [-0.25, -0.2) is 0 Å². The molecule has 0 aliphatic rings. The number of para-hydroxylation sites is 2. The van der Waals surface area contributed by atoms with Crippen LogP contribution < -0.4 is 10.1 Å². The number of anilines is 1. The molecular weight excluding hydrogens is 266 g/mol. The van der Waals surface area contributed by atoms with Crippen LogP contribution in [0.1, 0.15) is 16.1 Å². The van der Waals surface area contributed by atoms with Gasteiger partial charge in [-0.15, -0.1) is 0 Å². The lowest BCUT2D eigenvalue weighted by molar-refractivity contribution is 0.0998. The minimum Gasteiger partial charge on any atom is -0.493 e. The number of carbonyl (C=O) groups is 1. The second-order valence-corrected chi connectivity index (χ2v) is 4.76. The lowest BCUT2D eigenvalue weighted by atomic mass is 10.2. The molecule has 0 fully saturated rings. The molecular formula is C17H15NO3. The highest BCUT2D eigenvalue weighted by Crippen LogP contribution is 2.28. The average molecular weight is 281 g/mol. The number of rotatable bonds is 3. The Morgan fingerprint density at radius 1 is 1.14 bits per heavy atom. The molecule has 1 amide bonds. The number of methoxy groups -OCH3 is 1. The Kier molecular flexibility index (Phi) is 3.36. The molecule has 106 valence electrons. The number of furan rings is 1. The van der Waals surface area contributed by atoms with Gasteiger partial charge in [0, 0.05) is 11.1 Å². The largest absolute Gasteiger partial charge is 0.493 e. The van der Waals surface area contributed by atoms with Crippen LogP contribution in [-0.4, -0.2) is 13.0 Å². The van der Waals surface area contributed by atoms with Crippen molar-refractivity contribution in [2.24, 2.45) is 0 Å². The third-order valence-electron chi connectivity index (χ3n) is 3.34. The molecule has 1 heterocycles. The molecule has 0 atom stereocenters. The van der Waals surface area contributed by atoms with Gasteiger partial charge in [-0.3, -0.25) is 4.79 Å². The summed E-state index contributed by atoms with van der Waals surface area (Å²) >= 11 is 0. The summed E-state index contributed by atoms with van der Waals surface area (Å²) in [7, 11) is 1.57.